The van der Waals surface area contributed by atoms with E-state index in [0.29, 0.717) is 18.8 Å². The van der Waals surface area contributed by atoms with Crippen LogP contribution in [0.1, 0.15) is 80.3 Å². The van der Waals surface area contributed by atoms with Crippen LogP contribution < -0.4 is 5.56 Å². The highest BCUT2D eigenvalue weighted by Crippen LogP contribution is 2.41. The normalized spacial score (nSPS) is 18.0. The van der Waals surface area contributed by atoms with Crippen LogP contribution in [-0.4, -0.2) is 33.2 Å². The second-order valence-corrected chi connectivity index (χ2v) is 10.7. The predicted octanol–water partition coefficient (Wildman–Crippen LogP) is 6.00. The molecule has 1 atom stereocenters. The standard InChI is InChI=1S/C32H34N4O3/c1-3-6-28-30(22(2)23-9-11-24(12-10-23)27-8-5-4-7-25(27)21-33)31(37)35(29-15-18-34-36(28)29)26-13-16-32(17-14-26)38-19-20-39-32/h4-5,7-12,15,18,22,26H,3,6,13-14,16-17,19-20H2,1-2H3. The first kappa shape index (κ1) is 25.5. The summed E-state index contributed by atoms with van der Waals surface area (Å²) in [7, 11) is 0. The third-order valence-electron chi connectivity index (χ3n) is 8.47. The van der Waals surface area contributed by atoms with Gasteiger partial charge in [-0.3, -0.25) is 9.36 Å². The highest BCUT2D eigenvalue weighted by molar-refractivity contribution is 5.70. The predicted molar refractivity (Wildman–Crippen MR) is 150 cm³/mol. The van der Waals surface area contributed by atoms with E-state index < -0.39 is 5.79 Å². The average Bonchev–Trinajstić information content (AvgIpc) is 3.64. The third-order valence-corrected chi connectivity index (χ3v) is 8.47. The van der Waals surface area contributed by atoms with Crippen molar-refractivity contribution in [2.45, 2.75) is 70.1 Å². The summed E-state index contributed by atoms with van der Waals surface area (Å²) >= 11 is 0. The summed E-state index contributed by atoms with van der Waals surface area (Å²) in [6, 6.07) is 20.2. The van der Waals surface area contributed by atoms with Crippen LogP contribution in [0.15, 0.2) is 65.6 Å². The molecule has 1 spiro atoms. The molecule has 6 rings (SSSR count). The zero-order chi connectivity index (χ0) is 27.0. The minimum atomic E-state index is -0.471. The minimum absolute atomic E-state index is 0.0709. The number of ether oxygens (including phenoxy) is 2. The quantitative estimate of drug-likeness (QED) is 0.310. The fraction of sp³-hybridized carbons (Fsp3) is 0.406. The SMILES string of the molecule is CCCc1c(C(C)c2ccc(-c3ccccc3C#N)cc2)c(=O)n(C2CCC3(CC2)OCCO3)c2ccnn12. The Kier molecular flexibility index (Phi) is 6.84. The fourth-order valence-electron chi connectivity index (χ4n) is 6.46. The number of hydrogen-bond donors (Lipinski definition) is 0. The maximum absolute atomic E-state index is 14.4. The second kappa shape index (κ2) is 10.4. The van der Waals surface area contributed by atoms with Crippen molar-refractivity contribution in [3.63, 3.8) is 0 Å². The molecule has 39 heavy (non-hydrogen) atoms. The highest BCUT2D eigenvalue weighted by Gasteiger charge is 2.41. The van der Waals surface area contributed by atoms with E-state index in [1.807, 2.05) is 39.4 Å². The van der Waals surface area contributed by atoms with Crippen molar-refractivity contribution in [2.24, 2.45) is 0 Å². The molecule has 200 valence electrons. The Morgan fingerprint density at radius 2 is 1.79 bits per heavy atom. The van der Waals surface area contributed by atoms with Gasteiger partial charge in [-0.15, -0.1) is 0 Å². The van der Waals surface area contributed by atoms with Gasteiger partial charge in [-0.05, 0) is 42.0 Å². The molecule has 3 heterocycles. The van der Waals surface area contributed by atoms with Gasteiger partial charge in [-0.25, -0.2) is 4.52 Å². The molecule has 2 aliphatic rings. The Hall–Kier alpha value is -3.73. The molecule has 2 fully saturated rings. The van der Waals surface area contributed by atoms with Crippen LogP contribution in [0.25, 0.3) is 16.8 Å². The van der Waals surface area contributed by atoms with E-state index >= 15 is 0 Å². The van der Waals surface area contributed by atoms with Gasteiger partial charge >= 0.3 is 0 Å². The molecule has 2 aromatic carbocycles. The van der Waals surface area contributed by atoms with Crippen molar-refractivity contribution in [1.29, 1.82) is 5.26 Å². The fourth-order valence-corrected chi connectivity index (χ4v) is 6.46. The monoisotopic (exact) mass is 522 g/mol. The Morgan fingerprint density at radius 3 is 2.49 bits per heavy atom. The highest BCUT2D eigenvalue weighted by atomic mass is 16.7. The van der Waals surface area contributed by atoms with Crippen molar-refractivity contribution in [1.82, 2.24) is 14.2 Å². The van der Waals surface area contributed by atoms with Crippen LogP contribution in [0, 0.1) is 11.3 Å². The summed E-state index contributed by atoms with van der Waals surface area (Å²) in [4.78, 5) is 14.4. The summed E-state index contributed by atoms with van der Waals surface area (Å²) in [5, 5.41) is 14.2. The number of nitriles is 1. The van der Waals surface area contributed by atoms with Gasteiger partial charge in [0, 0.05) is 36.4 Å². The Labute approximate surface area is 228 Å². The molecule has 1 saturated heterocycles. The maximum Gasteiger partial charge on any atom is 0.258 e. The smallest absolute Gasteiger partial charge is 0.258 e. The molecule has 0 amide bonds. The minimum Gasteiger partial charge on any atom is -0.348 e. The van der Waals surface area contributed by atoms with Gasteiger partial charge in [-0.1, -0.05) is 62.7 Å². The van der Waals surface area contributed by atoms with E-state index in [-0.39, 0.29) is 17.5 Å². The number of benzene rings is 2. The van der Waals surface area contributed by atoms with Gasteiger partial charge in [0.2, 0.25) is 0 Å². The average molecular weight is 523 g/mol. The zero-order valence-corrected chi connectivity index (χ0v) is 22.6. The molecule has 4 aromatic rings. The lowest BCUT2D eigenvalue weighted by Gasteiger charge is -2.36. The lowest BCUT2D eigenvalue weighted by Crippen LogP contribution is -2.39. The molecule has 7 nitrogen and oxygen atoms in total. The molecule has 7 heteroatoms. The molecule has 1 saturated carbocycles. The van der Waals surface area contributed by atoms with Crippen molar-refractivity contribution < 1.29 is 9.47 Å². The number of aryl methyl sites for hydroxylation is 1. The van der Waals surface area contributed by atoms with E-state index in [4.69, 9.17) is 14.6 Å². The molecule has 0 bridgehead atoms. The van der Waals surface area contributed by atoms with Crippen LogP contribution in [0.5, 0.6) is 0 Å². The molecule has 0 radical (unpaired) electrons. The number of nitrogens with zero attached hydrogens (tertiary/aromatic N) is 4. The van der Waals surface area contributed by atoms with E-state index in [1.165, 1.54) is 0 Å². The molecule has 1 unspecified atom stereocenters. The van der Waals surface area contributed by atoms with E-state index in [9.17, 15) is 10.1 Å². The van der Waals surface area contributed by atoms with E-state index in [2.05, 4.69) is 44.2 Å². The Bertz CT molecular complexity index is 1580. The van der Waals surface area contributed by atoms with Gasteiger partial charge in [0.05, 0.1) is 36.7 Å². The van der Waals surface area contributed by atoms with Crippen LogP contribution in [0.3, 0.4) is 0 Å². The van der Waals surface area contributed by atoms with Gasteiger partial charge < -0.3 is 9.47 Å². The largest absolute Gasteiger partial charge is 0.348 e. The van der Waals surface area contributed by atoms with Gasteiger partial charge in [-0.2, -0.15) is 10.4 Å². The number of aromatic nitrogens is 3. The third kappa shape index (κ3) is 4.48. The van der Waals surface area contributed by atoms with Crippen molar-refractivity contribution in [2.75, 3.05) is 13.2 Å². The van der Waals surface area contributed by atoms with E-state index in [1.54, 1.807) is 6.20 Å². The Morgan fingerprint density at radius 1 is 1.08 bits per heavy atom. The molecular formula is C32H34N4O3. The van der Waals surface area contributed by atoms with E-state index in [0.717, 1.165) is 72.1 Å². The van der Waals surface area contributed by atoms with Crippen LogP contribution in [0.2, 0.25) is 0 Å². The summed E-state index contributed by atoms with van der Waals surface area (Å²) in [5.41, 5.74) is 6.35. The summed E-state index contributed by atoms with van der Waals surface area (Å²) in [6.07, 6.45) is 6.73. The zero-order valence-electron chi connectivity index (χ0n) is 22.6. The second-order valence-electron chi connectivity index (χ2n) is 10.7. The lowest BCUT2D eigenvalue weighted by atomic mass is 9.88. The topological polar surface area (TPSA) is 81.5 Å². The van der Waals surface area contributed by atoms with Crippen molar-refractivity contribution in [3.8, 4) is 17.2 Å². The molecule has 1 aliphatic carbocycles. The summed E-state index contributed by atoms with van der Waals surface area (Å²) in [6.45, 7) is 5.54. The first-order valence-corrected chi connectivity index (χ1v) is 14.0. The number of fused-ring (bicyclic) bond motifs is 1. The van der Waals surface area contributed by atoms with Crippen molar-refractivity contribution >= 4 is 5.65 Å². The first-order chi connectivity index (χ1) is 19.0. The van der Waals surface area contributed by atoms with Crippen LogP contribution in [0.4, 0.5) is 0 Å². The molecular weight excluding hydrogens is 488 g/mol. The Balaban J connectivity index is 1.40. The first-order valence-electron chi connectivity index (χ1n) is 14.0. The van der Waals surface area contributed by atoms with Crippen LogP contribution in [-0.2, 0) is 15.9 Å². The molecule has 2 aromatic heterocycles. The van der Waals surface area contributed by atoms with Crippen LogP contribution >= 0.6 is 0 Å². The summed E-state index contributed by atoms with van der Waals surface area (Å²) in [5.74, 6) is -0.587. The number of rotatable bonds is 6. The van der Waals surface area contributed by atoms with Crippen molar-refractivity contribution in [3.05, 3.63) is 93.5 Å². The molecule has 0 N–H and O–H groups in total. The van der Waals surface area contributed by atoms with Gasteiger partial charge in [0.25, 0.3) is 5.56 Å². The number of hydrogen-bond acceptors (Lipinski definition) is 5. The van der Waals surface area contributed by atoms with Gasteiger partial charge in [0.15, 0.2) is 5.79 Å². The molecule has 1 aliphatic heterocycles. The maximum atomic E-state index is 14.4. The lowest BCUT2D eigenvalue weighted by molar-refractivity contribution is -0.181. The summed E-state index contributed by atoms with van der Waals surface area (Å²) < 4.78 is 15.9. The van der Waals surface area contributed by atoms with Gasteiger partial charge in [0.1, 0.15) is 5.65 Å².